The molecule has 1 aliphatic heterocycles. The van der Waals surface area contributed by atoms with Crippen LogP contribution >= 0.6 is 34.4 Å². The molecule has 0 bridgehead atoms. The predicted molar refractivity (Wildman–Crippen MR) is 81.6 cm³/mol. The number of rotatable bonds is 3. The molecule has 0 spiro atoms. The Morgan fingerprint density at radius 3 is 2.76 bits per heavy atom. The fourth-order valence-electron chi connectivity index (χ4n) is 1.88. The molecule has 0 aliphatic carbocycles. The van der Waals surface area contributed by atoms with E-state index in [4.69, 9.17) is 0 Å². The van der Waals surface area contributed by atoms with Crippen LogP contribution in [0.5, 0.6) is 0 Å². The Labute approximate surface area is 120 Å². The average molecular weight is 361 g/mol. The molecule has 1 heterocycles. The van der Waals surface area contributed by atoms with Gasteiger partial charge in [0.25, 0.3) is 5.91 Å². The fraction of sp³-hybridized carbons (Fsp3) is 0.462. The van der Waals surface area contributed by atoms with Crippen LogP contribution in [-0.4, -0.2) is 23.5 Å². The maximum atomic E-state index is 11.9. The van der Waals surface area contributed by atoms with Crippen molar-refractivity contribution in [2.75, 3.05) is 12.3 Å². The summed E-state index contributed by atoms with van der Waals surface area (Å²) in [4.78, 5) is 11.9. The van der Waals surface area contributed by atoms with Crippen molar-refractivity contribution in [1.29, 1.82) is 0 Å². The van der Waals surface area contributed by atoms with Gasteiger partial charge >= 0.3 is 0 Å². The Bertz CT molecular complexity index is 374. The Kier molecular flexibility index (Phi) is 5.16. The summed E-state index contributed by atoms with van der Waals surface area (Å²) in [5.41, 5.74) is 0.756. The van der Waals surface area contributed by atoms with Crippen molar-refractivity contribution in [2.45, 2.75) is 24.5 Å². The van der Waals surface area contributed by atoms with Gasteiger partial charge < -0.3 is 5.32 Å². The van der Waals surface area contributed by atoms with E-state index in [1.54, 1.807) is 0 Å². The molecule has 4 heteroatoms. The van der Waals surface area contributed by atoms with Crippen LogP contribution in [0.3, 0.4) is 0 Å². The van der Waals surface area contributed by atoms with Crippen LogP contribution in [0.15, 0.2) is 24.3 Å². The molecule has 2 nitrogen and oxygen atoms in total. The topological polar surface area (TPSA) is 29.1 Å². The molecule has 1 fully saturated rings. The summed E-state index contributed by atoms with van der Waals surface area (Å²) < 4.78 is 1.15. The second-order valence-electron chi connectivity index (χ2n) is 4.21. The number of nitrogens with one attached hydrogen (secondary N) is 1. The van der Waals surface area contributed by atoms with Crippen molar-refractivity contribution >= 4 is 40.3 Å². The van der Waals surface area contributed by atoms with Crippen LogP contribution < -0.4 is 5.32 Å². The first kappa shape index (κ1) is 13.2. The lowest BCUT2D eigenvalue weighted by molar-refractivity contribution is 0.0953. The molecule has 1 aromatic carbocycles. The largest absolute Gasteiger partial charge is 0.351 e. The van der Waals surface area contributed by atoms with Gasteiger partial charge in [0.15, 0.2) is 0 Å². The molecule has 0 aromatic heterocycles. The van der Waals surface area contributed by atoms with Gasteiger partial charge in [0, 0.05) is 20.9 Å². The Morgan fingerprint density at radius 2 is 2.12 bits per heavy atom. The molecule has 2 rings (SSSR count). The monoisotopic (exact) mass is 361 g/mol. The number of benzene rings is 1. The third-order valence-electron chi connectivity index (χ3n) is 2.87. The van der Waals surface area contributed by atoms with E-state index in [-0.39, 0.29) is 5.91 Å². The van der Waals surface area contributed by atoms with E-state index >= 15 is 0 Å². The van der Waals surface area contributed by atoms with Gasteiger partial charge in [-0.05, 0) is 65.5 Å². The van der Waals surface area contributed by atoms with Crippen LogP contribution in [0.25, 0.3) is 0 Å². The zero-order valence-corrected chi connectivity index (χ0v) is 12.6. The average Bonchev–Trinajstić information content (AvgIpc) is 2.38. The number of halogens is 1. The molecule has 17 heavy (non-hydrogen) atoms. The number of hydrogen-bond donors (Lipinski definition) is 1. The normalized spacial score (nSPS) is 19.9. The fourth-order valence-corrected chi connectivity index (χ4v) is 3.48. The van der Waals surface area contributed by atoms with Gasteiger partial charge in [-0.1, -0.05) is 6.42 Å². The highest BCUT2D eigenvalue weighted by Crippen LogP contribution is 2.24. The molecular weight excluding hydrogens is 345 g/mol. The molecule has 1 aromatic rings. The summed E-state index contributed by atoms with van der Waals surface area (Å²) in [6.07, 6.45) is 3.86. The summed E-state index contributed by atoms with van der Waals surface area (Å²) in [5.74, 6) is 1.29. The number of carbonyl (C=O) groups is 1. The first-order chi connectivity index (χ1) is 8.25. The molecule has 1 amide bonds. The highest BCUT2D eigenvalue weighted by atomic mass is 127. The van der Waals surface area contributed by atoms with E-state index in [1.807, 2.05) is 36.0 Å². The minimum Gasteiger partial charge on any atom is -0.351 e. The van der Waals surface area contributed by atoms with Crippen LogP contribution in [0.2, 0.25) is 0 Å². The van der Waals surface area contributed by atoms with E-state index in [1.165, 1.54) is 25.0 Å². The highest BCUT2D eigenvalue weighted by Gasteiger charge is 2.15. The lowest BCUT2D eigenvalue weighted by atomic mass is 10.2. The quantitative estimate of drug-likeness (QED) is 0.837. The number of carbonyl (C=O) groups excluding carboxylic acids is 1. The molecule has 1 N–H and O–H groups in total. The lowest BCUT2D eigenvalue weighted by Crippen LogP contribution is -2.31. The van der Waals surface area contributed by atoms with Crippen molar-refractivity contribution in [3.63, 3.8) is 0 Å². The van der Waals surface area contributed by atoms with Crippen molar-refractivity contribution in [3.8, 4) is 0 Å². The zero-order chi connectivity index (χ0) is 12.1. The third-order valence-corrected chi connectivity index (χ3v) is 4.99. The van der Waals surface area contributed by atoms with Crippen molar-refractivity contribution in [1.82, 2.24) is 5.32 Å². The summed E-state index contributed by atoms with van der Waals surface area (Å²) in [6, 6.07) is 7.69. The van der Waals surface area contributed by atoms with E-state index in [0.29, 0.717) is 5.25 Å². The van der Waals surface area contributed by atoms with Crippen LogP contribution in [0.1, 0.15) is 29.6 Å². The molecule has 92 valence electrons. The lowest BCUT2D eigenvalue weighted by Gasteiger charge is -2.21. The van der Waals surface area contributed by atoms with Crippen molar-refractivity contribution < 1.29 is 4.79 Å². The predicted octanol–water partition coefficient (Wildman–Crippen LogP) is 3.31. The number of thioether (sulfide) groups is 1. The van der Waals surface area contributed by atoms with Crippen molar-refractivity contribution in [2.24, 2.45) is 0 Å². The van der Waals surface area contributed by atoms with E-state index in [9.17, 15) is 4.79 Å². The van der Waals surface area contributed by atoms with Gasteiger partial charge in [0.05, 0.1) is 0 Å². The van der Waals surface area contributed by atoms with Gasteiger partial charge in [-0.25, -0.2) is 0 Å². The maximum absolute atomic E-state index is 11.9. The smallest absolute Gasteiger partial charge is 0.251 e. The standard InChI is InChI=1S/C13H16INOS/c14-11-6-4-10(5-7-11)13(16)15-9-12-3-1-2-8-17-12/h4-7,12H,1-3,8-9H2,(H,15,16). The zero-order valence-electron chi connectivity index (χ0n) is 9.62. The van der Waals surface area contributed by atoms with E-state index in [0.717, 1.165) is 15.7 Å². The van der Waals surface area contributed by atoms with Gasteiger partial charge in [0.1, 0.15) is 0 Å². The highest BCUT2D eigenvalue weighted by molar-refractivity contribution is 14.1. The molecule has 1 atom stereocenters. The molecule has 1 unspecified atom stereocenters. The first-order valence-corrected chi connectivity index (χ1v) is 8.04. The van der Waals surface area contributed by atoms with Gasteiger partial charge in [-0.15, -0.1) is 0 Å². The molecule has 0 saturated carbocycles. The van der Waals surface area contributed by atoms with Crippen LogP contribution in [0, 0.1) is 3.57 Å². The van der Waals surface area contributed by atoms with E-state index in [2.05, 4.69) is 27.9 Å². The van der Waals surface area contributed by atoms with Gasteiger partial charge in [0.2, 0.25) is 0 Å². The second-order valence-corrected chi connectivity index (χ2v) is 6.86. The molecular formula is C13H16INOS. The first-order valence-electron chi connectivity index (χ1n) is 5.91. The Hall–Kier alpha value is -0.230. The summed E-state index contributed by atoms with van der Waals surface area (Å²) in [5, 5.41) is 3.63. The third kappa shape index (κ3) is 4.17. The van der Waals surface area contributed by atoms with Gasteiger partial charge in [-0.3, -0.25) is 4.79 Å². The molecule has 1 saturated heterocycles. The van der Waals surface area contributed by atoms with Gasteiger partial charge in [-0.2, -0.15) is 11.8 Å². The Balaban J connectivity index is 1.82. The number of hydrogen-bond acceptors (Lipinski definition) is 2. The SMILES string of the molecule is O=C(NCC1CCCCS1)c1ccc(I)cc1. The van der Waals surface area contributed by atoms with E-state index < -0.39 is 0 Å². The minimum atomic E-state index is 0.0487. The summed E-state index contributed by atoms with van der Waals surface area (Å²) in [6.45, 7) is 0.801. The molecule has 0 radical (unpaired) electrons. The molecule has 1 aliphatic rings. The minimum absolute atomic E-state index is 0.0487. The maximum Gasteiger partial charge on any atom is 0.251 e. The van der Waals surface area contributed by atoms with Crippen LogP contribution in [-0.2, 0) is 0 Å². The Morgan fingerprint density at radius 1 is 1.35 bits per heavy atom. The summed E-state index contributed by atoms with van der Waals surface area (Å²) in [7, 11) is 0. The van der Waals surface area contributed by atoms with Crippen molar-refractivity contribution in [3.05, 3.63) is 33.4 Å². The second kappa shape index (κ2) is 6.64. The van der Waals surface area contributed by atoms with Crippen LogP contribution in [0.4, 0.5) is 0 Å². The number of amides is 1. The summed E-state index contributed by atoms with van der Waals surface area (Å²) >= 11 is 4.23.